The van der Waals surface area contributed by atoms with Gasteiger partial charge >= 0.3 is 5.97 Å². The van der Waals surface area contributed by atoms with Crippen LogP contribution in [0.25, 0.3) is 0 Å². The molecule has 3 heteroatoms. The summed E-state index contributed by atoms with van der Waals surface area (Å²) >= 11 is 0. The van der Waals surface area contributed by atoms with Gasteiger partial charge in [0.05, 0.1) is 0 Å². The molecule has 0 spiro atoms. The summed E-state index contributed by atoms with van der Waals surface area (Å²) < 4.78 is 6.02. The Bertz CT molecular complexity index is 501. The molecule has 0 amide bonds. The molecular weight excluding hydrogens is 288 g/mol. The number of carbonyl (C=O) groups is 1. The van der Waals surface area contributed by atoms with E-state index in [1.807, 2.05) is 30.3 Å². The lowest BCUT2D eigenvalue weighted by molar-refractivity contribution is -0.173. The Kier molecular flexibility index (Phi) is 5.89. The zero-order chi connectivity index (χ0) is 17.9. The van der Waals surface area contributed by atoms with Gasteiger partial charge in [-0.1, -0.05) is 79.5 Å². The summed E-state index contributed by atoms with van der Waals surface area (Å²) in [7, 11) is 0. The Morgan fingerprint density at radius 1 is 1.00 bits per heavy atom. The first-order chi connectivity index (χ1) is 10.5. The van der Waals surface area contributed by atoms with Crippen molar-refractivity contribution < 1.29 is 14.6 Å². The van der Waals surface area contributed by atoms with Gasteiger partial charge < -0.3 is 9.84 Å². The summed E-state index contributed by atoms with van der Waals surface area (Å²) in [5.74, 6) is -0.302. The Balaban J connectivity index is 3.44. The highest BCUT2D eigenvalue weighted by Gasteiger charge is 2.58. The van der Waals surface area contributed by atoms with Crippen LogP contribution in [0.1, 0.15) is 61.3 Å². The second-order valence-corrected chi connectivity index (χ2v) is 7.83. The van der Waals surface area contributed by atoms with E-state index in [4.69, 9.17) is 4.74 Å². The first-order valence-electron chi connectivity index (χ1n) is 8.48. The molecule has 0 saturated carbocycles. The Labute approximate surface area is 141 Å². The van der Waals surface area contributed by atoms with Crippen LogP contribution in [-0.4, -0.2) is 17.2 Å². The van der Waals surface area contributed by atoms with Crippen molar-refractivity contribution in [1.29, 1.82) is 0 Å². The van der Waals surface area contributed by atoms with E-state index in [9.17, 15) is 9.90 Å². The van der Waals surface area contributed by atoms with Crippen molar-refractivity contribution in [1.82, 2.24) is 0 Å². The molecule has 0 heterocycles. The van der Waals surface area contributed by atoms with Crippen molar-refractivity contribution >= 4 is 5.97 Å². The summed E-state index contributed by atoms with van der Waals surface area (Å²) in [6, 6.07) is 9.25. The highest BCUT2D eigenvalue weighted by atomic mass is 16.5. The Hall–Kier alpha value is -1.51. The van der Waals surface area contributed by atoms with E-state index in [0.29, 0.717) is 5.75 Å². The van der Waals surface area contributed by atoms with E-state index < -0.39 is 17.5 Å². The first kappa shape index (κ1) is 19.5. The molecule has 0 fully saturated rings. The molecule has 0 saturated heterocycles. The number of carboxylic acid groups (broad SMARTS) is 1. The third-order valence-electron chi connectivity index (χ3n) is 6.33. The summed E-state index contributed by atoms with van der Waals surface area (Å²) in [5, 5.41) is 9.96. The monoisotopic (exact) mass is 320 g/mol. The molecule has 1 aromatic carbocycles. The minimum atomic E-state index is -0.908. The number of ether oxygens (including phenoxy) is 1. The number of rotatable bonds is 8. The number of hydrogen-bond donors (Lipinski definition) is 1. The first-order valence-corrected chi connectivity index (χ1v) is 8.48. The van der Waals surface area contributed by atoms with Gasteiger partial charge in [0.25, 0.3) is 0 Å². The third kappa shape index (κ3) is 3.54. The van der Waals surface area contributed by atoms with Gasteiger partial charge in [-0.05, 0) is 23.0 Å². The molecule has 0 aromatic heterocycles. The number of hydrogen-bond acceptors (Lipinski definition) is 2. The predicted octanol–water partition coefficient (Wildman–Crippen LogP) is 5.40. The van der Waals surface area contributed by atoms with Crippen molar-refractivity contribution in [3.63, 3.8) is 0 Å². The normalized spacial score (nSPS) is 14.4. The fourth-order valence-electron chi connectivity index (χ4n) is 3.41. The molecular formula is C20H32O3. The molecule has 1 rings (SSSR count). The van der Waals surface area contributed by atoms with Crippen LogP contribution >= 0.6 is 0 Å². The van der Waals surface area contributed by atoms with Crippen LogP contribution in [0.4, 0.5) is 0 Å². The molecule has 130 valence electrons. The van der Waals surface area contributed by atoms with Crippen molar-refractivity contribution in [3.05, 3.63) is 30.3 Å². The largest absolute Gasteiger partial charge is 0.478 e. The lowest BCUT2D eigenvalue weighted by atomic mass is 9.49. The molecule has 1 atom stereocenters. The highest BCUT2D eigenvalue weighted by molar-refractivity contribution is 5.74. The second kappa shape index (κ2) is 6.94. The van der Waals surface area contributed by atoms with E-state index in [1.165, 1.54) is 0 Å². The molecule has 0 radical (unpaired) electrons. The SMILES string of the molecule is CCC(C)(C)C(C)(C(Oc1ccccc1)C(=O)O)C(C)(C)CC. The second-order valence-electron chi connectivity index (χ2n) is 7.83. The summed E-state index contributed by atoms with van der Waals surface area (Å²) in [4.78, 5) is 12.2. The molecule has 1 unspecified atom stereocenters. The van der Waals surface area contributed by atoms with Gasteiger partial charge in [0.15, 0.2) is 0 Å². The van der Waals surface area contributed by atoms with Gasteiger partial charge in [-0.2, -0.15) is 0 Å². The van der Waals surface area contributed by atoms with Gasteiger partial charge in [-0.3, -0.25) is 0 Å². The maximum absolute atomic E-state index is 12.2. The molecule has 1 N–H and O–H groups in total. The van der Waals surface area contributed by atoms with Crippen LogP contribution in [0, 0.1) is 16.2 Å². The third-order valence-corrected chi connectivity index (χ3v) is 6.33. The van der Waals surface area contributed by atoms with Crippen LogP contribution in [0.15, 0.2) is 30.3 Å². The average molecular weight is 320 g/mol. The van der Waals surface area contributed by atoms with Gasteiger partial charge in [-0.25, -0.2) is 4.79 Å². The van der Waals surface area contributed by atoms with Crippen LogP contribution in [-0.2, 0) is 4.79 Å². The van der Waals surface area contributed by atoms with Crippen LogP contribution in [0.5, 0.6) is 5.75 Å². The van der Waals surface area contributed by atoms with Gasteiger partial charge in [-0.15, -0.1) is 0 Å². The van der Waals surface area contributed by atoms with Crippen molar-refractivity contribution in [3.8, 4) is 5.75 Å². The van der Waals surface area contributed by atoms with Gasteiger partial charge in [0.2, 0.25) is 6.10 Å². The number of carboxylic acids is 1. The minimum Gasteiger partial charge on any atom is -0.478 e. The molecule has 1 aromatic rings. The van der Waals surface area contributed by atoms with E-state index in [2.05, 4.69) is 48.5 Å². The lowest BCUT2D eigenvalue weighted by Crippen LogP contribution is -2.58. The Morgan fingerprint density at radius 3 is 1.78 bits per heavy atom. The van der Waals surface area contributed by atoms with Crippen LogP contribution in [0.3, 0.4) is 0 Å². The smallest absolute Gasteiger partial charge is 0.345 e. The maximum Gasteiger partial charge on any atom is 0.345 e. The number of aliphatic carboxylic acids is 1. The number of para-hydroxylation sites is 1. The molecule has 0 aliphatic rings. The molecule has 23 heavy (non-hydrogen) atoms. The Morgan fingerprint density at radius 2 is 1.43 bits per heavy atom. The molecule has 0 bridgehead atoms. The topological polar surface area (TPSA) is 46.5 Å². The van der Waals surface area contributed by atoms with E-state index in [-0.39, 0.29) is 10.8 Å². The number of benzene rings is 1. The standard InChI is InChI=1S/C20H32O3/c1-8-18(3,4)20(7,19(5,6)9-2)16(17(21)22)23-15-13-11-10-12-14-15/h10-14,16H,8-9H2,1-7H3,(H,21,22). The highest BCUT2D eigenvalue weighted by Crippen LogP contribution is 2.57. The fourth-order valence-corrected chi connectivity index (χ4v) is 3.41. The summed E-state index contributed by atoms with van der Waals surface area (Å²) in [5.41, 5.74) is -0.917. The zero-order valence-corrected chi connectivity index (χ0v) is 15.6. The van der Waals surface area contributed by atoms with Crippen molar-refractivity contribution in [2.45, 2.75) is 67.4 Å². The predicted molar refractivity (Wildman–Crippen MR) is 94.7 cm³/mol. The average Bonchev–Trinajstić information content (AvgIpc) is 2.52. The van der Waals surface area contributed by atoms with E-state index >= 15 is 0 Å². The quantitative estimate of drug-likeness (QED) is 0.698. The van der Waals surface area contributed by atoms with Crippen molar-refractivity contribution in [2.24, 2.45) is 16.2 Å². The van der Waals surface area contributed by atoms with E-state index in [1.54, 1.807) is 0 Å². The minimum absolute atomic E-state index is 0.190. The molecule has 0 aliphatic carbocycles. The van der Waals surface area contributed by atoms with Gasteiger partial charge in [0.1, 0.15) is 5.75 Å². The lowest BCUT2D eigenvalue weighted by Gasteiger charge is -2.56. The van der Waals surface area contributed by atoms with E-state index in [0.717, 1.165) is 12.8 Å². The van der Waals surface area contributed by atoms with Crippen molar-refractivity contribution in [2.75, 3.05) is 0 Å². The molecule has 3 nitrogen and oxygen atoms in total. The van der Waals surface area contributed by atoms with Crippen LogP contribution in [0.2, 0.25) is 0 Å². The fraction of sp³-hybridized carbons (Fsp3) is 0.650. The zero-order valence-electron chi connectivity index (χ0n) is 15.6. The maximum atomic E-state index is 12.2. The summed E-state index contributed by atoms with van der Waals surface area (Å²) in [6.45, 7) is 14.9. The van der Waals surface area contributed by atoms with Gasteiger partial charge in [0, 0.05) is 5.41 Å². The van der Waals surface area contributed by atoms with Crippen LogP contribution < -0.4 is 4.74 Å². The molecule has 0 aliphatic heterocycles. The summed E-state index contributed by atoms with van der Waals surface area (Å²) in [6.07, 6.45) is 0.860.